The molecule has 1 amide bonds. The monoisotopic (exact) mass is 405 g/mol. The van der Waals surface area contributed by atoms with Crippen molar-refractivity contribution in [2.24, 2.45) is 0 Å². The summed E-state index contributed by atoms with van der Waals surface area (Å²) in [6.45, 7) is 0.697. The van der Waals surface area contributed by atoms with E-state index in [4.69, 9.17) is 16.0 Å². The number of alkyl halides is 3. The second-order valence-corrected chi connectivity index (χ2v) is 5.86. The van der Waals surface area contributed by atoms with E-state index in [1.165, 1.54) is 49.6 Å². The highest BCUT2D eigenvalue weighted by molar-refractivity contribution is 6.33. The number of carbonyl (C=O) groups excluding carboxylic acids is 2. The van der Waals surface area contributed by atoms with Crippen LogP contribution in [0.25, 0.3) is 0 Å². The predicted octanol–water partition coefficient (Wildman–Crippen LogP) is 2.25. The molecule has 1 heterocycles. The van der Waals surface area contributed by atoms with Gasteiger partial charge in [-0.3, -0.25) is 10.1 Å². The zero-order valence-electron chi connectivity index (χ0n) is 14.2. The van der Waals surface area contributed by atoms with E-state index in [1.807, 2.05) is 0 Å². The van der Waals surface area contributed by atoms with Crippen LogP contribution in [-0.4, -0.2) is 30.3 Å². The number of furan rings is 1. The van der Waals surface area contributed by atoms with Crippen molar-refractivity contribution in [1.29, 1.82) is 0 Å². The number of halogens is 4. The van der Waals surface area contributed by atoms with Crippen LogP contribution in [-0.2, 0) is 16.1 Å². The fourth-order valence-electron chi connectivity index (χ4n) is 2.31. The SMILES string of the molecule is CCOC(=O)[C@@](NC(=O)c1ccccc1Cl)([NH2+]Cc1ccco1)C(F)(F)F. The molecule has 1 atom stereocenters. The third-order valence-electron chi connectivity index (χ3n) is 3.66. The van der Waals surface area contributed by atoms with E-state index in [2.05, 4.69) is 4.74 Å². The number of amides is 1. The highest BCUT2D eigenvalue weighted by atomic mass is 35.5. The molecule has 2 aromatic rings. The maximum Gasteiger partial charge on any atom is 0.478 e. The van der Waals surface area contributed by atoms with E-state index in [0.29, 0.717) is 5.32 Å². The maximum absolute atomic E-state index is 13.9. The second kappa shape index (κ2) is 8.45. The normalized spacial score (nSPS) is 13.7. The van der Waals surface area contributed by atoms with E-state index in [-0.39, 0.29) is 29.5 Å². The number of nitrogens with one attached hydrogen (secondary N) is 1. The molecule has 0 radical (unpaired) electrons. The lowest BCUT2D eigenvalue weighted by molar-refractivity contribution is -0.758. The Bertz CT molecular complexity index is 796. The molecule has 0 unspecified atom stereocenters. The third kappa shape index (κ3) is 4.61. The van der Waals surface area contributed by atoms with Crippen molar-refractivity contribution in [2.45, 2.75) is 25.3 Å². The van der Waals surface area contributed by atoms with Crippen LogP contribution < -0.4 is 10.6 Å². The van der Waals surface area contributed by atoms with Crippen molar-refractivity contribution in [1.82, 2.24) is 5.32 Å². The van der Waals surface area contributed by atoms with Gasteiger partial charge in [-0.1, -0.05) is 23.7 Å². The minimum absolute atomic E-state index is 0.0547. The predicted molar refractivity (Wildman–Crippen MR) is 88.7 cm³/mol. The van der Waals surface area contributed by atoms with Crippen molar-refractivity contribution in [2.75, 3.05) is 6.61 Å². The number of rotatable bonds is 7. The number of hydrogen-bond donors (Lipinski definition) is 2. The average molecular weight is 406 g/mol. The van der Waals surface area contributed by atoms with Crippen molar-refractivity contribution in [3.05, 3.63) is 59.0 Å². The molecule has 27 heavy (non-hydrogen) atoms. The van der Waals surface area contributed by atoms with Crippen molar-refractivity contribution in [3.8, 4) is 0 Å². The molecule has 0 spiro atoms. The zero-order valence-corrected chi connectivity index (χ0v) is 14.9. The Balaban J connectivity index is 2.41. The fourth-order valence-corrected chi connectivity index (χ4v) is 2.53. The second-order valence-electron chi connectivity index (χ2n) is 5.45. The molecule has 1 aromatic heterocycles. The number of quaternary nitrogens is 1. The highest BCUT2D eigenvalue weighted by Gasteiger charge is 2.67. The summed E-state index contributed by atoms with van der Waals surface area (Å²) in [5.74, 6) is -2.63. The smallest absolute Gasteiger partial charge is 0.463 e. The van der Waals surface area contributed by atoms with Crippen LogP contribution in [0.3, 0.4) is 0 Å². The molecule has 0 fully saturated rings. The Morgan fingerprint density at radius 1 is 1.22 bits per heavy atom. The molecule has 2 rings (SSSR count). The molecule has 146 valence electrons. The first-order chi connectivity index (χ1) is 12.7. The first-order valence-corrected chi connectivity index (χ1v) is 8.27. The molecule has 0 aliphatic rings. The molecule has 0 saturated carbocycles. The summed E-state index contributed by atoms with van der Waals surface area (Å²) in [4.78, 5) is 24.7. The van der Waals surface area contributed by atoms with Crippen molar-refractivity contribution >= 4 is 23.5 Å². The zero-order chi connectivity index (χ0) is 20.1. The Morgan fingerprint density at radius 2 is 1.93 bits per heavy atom. The van der Waals surface area contributed by atoms with Crippen LogP contribution in [0.1, 0.15) is 23.0 Å². The lowest BCUT2D eigenvalue weighted by Crippen LogP contribution is -3.06. The van der Waals surface area contributed by atoms with Gasteiger partial charge in [-0.15, -0.1) is 0 Å². The first-order valence-electron chi connectivity index (χ1n) is 7.89. The van der Waals surface area contributed by atoms with Crippen molar-refractivity contribution in [3.63, 3.8) is 0 Å². The minimum atomic E-state index is -5.16. The van der Waals surface area contributed by atoms with Crippen molar-refractivity contribution < 1.29 is 37.2 Å². The summed E-state index contributed by atoms with van der Waals surface area (Å²) in [5.41, 5.74) is -3.57. The van der Waals surface area contributed by atoms with E-state index in [0.717, 1.165) is 0 Å². The lowest BCUT2D eigenvalue weighted by Gasteiger charge is -2.31. The van der Waals surface area contributed by atoms with E-state index >= 15 is 0 Å². The van der Waals surface area contributed by atoms with E-state index in [1.54, 1.807) is 5.32 Å². The Labute approximate surface area is 157 Å². The number of benzene rings is 1. The van der Waals surface area contributed by atoms with Gasteiger partial charge in [-0.2, -0.15) is 13.2 Å². The molecule has 10 heteroatoms. The standard InChI is InChI=1S/C17H16ClF3N2O4/c1-2-26-15(25)16(17(19,20)21,22-10-11-6-5-9-27-11)23-14(24)12-7-3-4-8-13(12)18/h3-9,22H,2,10H2,1H3,(H,23,24)/p+1/t16-/m0/s1. The highest BCUT2D eigenvalue weighted by Crippen LogP contribution is 2.28. The summed E-state index contributed by atoms with van der Waals surface area (Å²) in [6.07, 6.45) is -3.88. The fraction of sp³-hybridized carbons (Fsp3) is 0.294. The Morgan fingerprint density at radius 3 is 2.48 bits per heavy atom. The lowest BCUT2D eigenvalue weighted by atomic mass is 10.1. The molecule has 3 N–H and O–H groups in total. The van der Waals surface area contributed by atoms with Gasteiger partial charge in [-0.05, 0) is 31.2 Å². The number of carbonyl (C=O) groups is 2. The quantitative estimate of drug-likeness (QED) is 0.546. The van der Waals surface area contributed by atoms with Gasteiger partial charge in [0.1, 0.15) is 6.54 Å². The number of hydrogen-bond acceptors (Lipinski definition) is 4. The summed E-state index contributed by atoms with van der Waals surface area (Å²) in [6, 6.07) is 8.49. The molecule has 0 aliphatic carbocycles. The summed E-state index contributed by atoms with van der Waals surface area (Å²) in [5, 5.41) is 2.31. The largest absolute Gasteiger partial charge is 0.478 e. The Hall–Kier alpha value is -2.52. The molecule has 6 nitrogen and oxygen atoms in total. The van der Waals surface area contributed by atoms with Gasteiger partial charge in [0.25, 0.3) is 5.91 Å². The summed E-state index contributed by atoms with van der Waals surface area (Å²) >= 11 is 5.88. The van der Waals surface area contributed by atoms with Gasteiger partial charge in [0.05, 0.1) is 23.5 Å². The van der Waals surface area contributed by atoms with Crippen LogP contribution in [0, 0.1) is 0 Å². The molecule has 0 aliphatic heterocycles. The molecular formula is C17H17ClF3N2O4+. The topological polar surface area (TPSA) is 85.1 Å². The molecule has 0 saturated heterocycles. The maximum atomic E-state index is 13.9. The van der Waals surface area contributed by atoms with Gasteiger partial charge in [-0.25, -0.2) is 4.79 Å². The van der Waals surface area contributed by atoms with Crippen LogP contribution in [0.5, 0.6) is 0 Å². The van der Waals surface area contributed by atoms with Gasteiger partial charge >= 0.3 is 17.8 Å². The number of ether oxygens (including phenoxy) is 1. The Kier molecular flexibility index (Phi) is 6.50. The molecule has 0 bridgehead atoms. The van der Waals surface area contributed by atoms with Crippen LogP contribution in [0.4, 0.5) is 13.2 Å². The summed E-state index contributed by atoms with van der Waals surface area (Å²) < 4.78 is 51.4. The third-order valence-corrected chi connectivity index (χ3v) is 3.99. The molecule has 1 aromatic carbocycles. The van der Waals surface area contributed by atoms with E-state index in [9.17, 15) is 22.8 Å². The van der Waals surface area contributed by atoms with Crippen LogP contribution in [0.2, 0.25) is 5.02 Å². The van der Waals surface area contributed by atoms with Gasteiger partial charge < -0.3 is 14.5 Å². The van der Waals surface area contributed by atoms with Crippen LogP contribution in [0.15, 0.2) is 47.1 Å². The number of nitrogens with two attached hydrogens (primary N) is 1. The van der Waals surface area contributed by atoms with E-state index < -0.39 is 23.7 Å². The molecular weight excluding hydrogens is 389 g/mol. The average Bonchev–Trinajstić information content (AvgIpc) is 3.11. The van der Waals surface area contributed by atoms with Gasteiger partial charge in [0.15, 0.2) is 5.76 Å². The number of esters is 1. The van der Waals surface area contributed by atoms with Gasteiger partial charge in [0.2, 0.25) is 0 Å². The van der Waals surface area contributed by atoms with Crippen LogP contribution >= 0.6 is 11.6 Å². The first kappa shape index (κ1) is 20.8. The summed E-state index contributed by atoms with van der Waals surface area (Å²) in [7, 11) is 0. The minimum Gasteiger partial charge on any atom is -0.463 e. The van der Waals surface area contributed by atoms with Gasteiger partial charge in [0, 0.05) is 0 Å².